The molecule has 200 valence electrons. The maximum Gasteiger partial charge on any atom is 0.335 e. The number of benzene rings is 3. The van der Waals surface area contributed by atoms with E-state index in [-0.39, 0.29) is 28.8 Å². The number of ether oxygens (including phenoxy) is 1. The van der Waals surface area contributed by atoms with E-state index in [1.165, 1.54) is 30.4 Å². The zero-order valence-corrected chi connectivity index (χ0v) is 22.4. The summed E-state index contributed by atoms with van der Waals surface area (Å²) in [5.41, 5.74) is 4.67. The van der Waals surface area contributed by atoms with E-state index in [1.807, 2.05) is 13.8 Å². The van der Waals surface area contributed by atoms with Crippen molar-refractivity contribution in [1.82, 2.24) is 9.78 Å². The van der Waals surface area contributed by atoms with Gasteiger partial charge in [0.05, 0.1) is 24.1 Å². The van der Waals surface area contributed by atoms with Crippen molar-refractivity contribution < 1.29 is 29.4 Å². The molecule has 0 fully saturated rings. The average Bonchev–Trinajstić information content (AvgIpc) is 3.56. The quantitative estimate of drug-likeness (QED) is 0.263. The number of hydrogen-bond donors (Lipinski definition) is 3. The number of nitrogens with zero attached hydrogens (tertiary/aromatic N) is 3. The fourth-order valence-corrected chi connectivity index (χ4v) is 5.38. The van der Waals surface area contributed by atoms with E-state index in [4.69, 9.17) is 42.7 Å². The van der Waals surface area contributed by atoms with Gasteiger partial charge in [0.2, 0.25) is 0 Å². The number of phenolic OH excluding ortho intramolecular Hbond substituents is 1. The van der Waals surface area contributed by atoms with Crippen molar-refractivity contribution in [1.29, 1.82) is 0 Å². The number of nitrogens with one attached hydrogen (secondary N) is 1. The Labute approximate surface area is 232 Å². The molecule has 0 saturated carbocycles. The molecule has 0 aliphatic carbocycles. The van der Waals surface area contributed by atoms with Crippen LogP contribution in [-0.4, -0.2) is 33.1 Å². The van der Waals surface area contributed by atoms with E-state index in [0.717, 1.165) is 0 Å². The third-order valence-corrected chi connectivity index (χ3v) is 7.17. The molecule has 39 heavy (non-hydrogen) atoms. The molecular formula is C27H22Cl2N4O6. The number of carboxylic acids is 1. The fraction of sp³-hybridized carbons (Fsp3) is 0.185. The van der Waals surface area contributed by atoms with Crippen LogP contribution in [0.5, 0.6) is 17.4 Å². The Kier molecular flexibility index (Phi) is 5.79. The lowest BCUT2D eigenvalue weighted by Gasteiger charge is -2.34. The van der Waals surface area contributed by atoms with Gasteiger partial charge in [-0.15, -0.1) is 5.10 Å². The average molecular weight is 569 g/mol. The Morgan fingerprint density at radius 1 is 1.08 bits per heavy atom. The largest absolute Gasteiger partial charge is 0.506 e. The number of halogens is 2. The number of aromatic hydroxyl groups is 1. The number of carbonyl (C=O) groups is 1. The molecule has 0 radical (unpaired) electrons. The molecule has 2 aliphatic rings. The van der Waals surface area contributed by atoms with Gasteiger partial charge < -0.3 is 19.8 Å². The minimum absolute atomic E-state index is 0.0658. The molecule has 0 bridgehead atoms. The van der Waals surface area contributed by atoms with Gasteiger partial charge in [-0.1, -0.05) is 37.0 Å². The molecule has 1 unspecified atom stereocenters. The van der Waals surface area contributed by atoms with Gasteiger partial charge in [0.15, 0.2) is 0 Å². The van der Waals surface area contributed by atoms with Gasteiger partial charge in [-0.2, -0.15) is 5.06 Å². The Morgan fingerprint density at radius 2 is 1.82 bits per heavy atom. The smallest absolute Gasteiger partial charge is 0.335 e. The van der Waals surface area contributed by atoms with Gasteiger partial charge in [0.1, 0.15) is 28.4 Å². The van der Waals surface area contributed by atoms with Crippen LogP contribution in [0.1, 0.15) is 46.9 Å². The second kappa shape index (κ2) is 8.98. The number of carboxylic acid groups (broad SMARTS) is 1. The minimum Gasteiger partial charge on any atom is -0.506 e. The van der Waals surface area contributed by atoms with E-state index in [1.54, 1.807) is 41.1 Å². The van der Waals surface area contributed by atoms with Crippen LogP contribution in [0.2, 0.25) is 10.0 Å². The first-order valence-corrected chi connectivity index (χ1v) is 12.7. The van der Waals surface area contributed by atoms with Crippen LogP contribution in [0, 0.1) is 0 Å². The molecular weight excluding hydrogens is 547 g/mol. The predicted molar refractivity (Wildman–Crippen MR) is 144 cm³/mol. The van der Waals surface area contributed by atoms with Crippen molar-refractivity contribution in [3.05, 3.63) is 87.0 Å². The summed E-state index contributed by atoms with van der Waals surface area (Å²) in [5, 5.41) is 27.5. The van der Waals surface area contributed by atoms with Gasteiger partial charge in [-0.3, -0.25) is 5.48 Å². The first-order valence-electron chi connectivity index (χ1n) is 11.9. The van der Waals surface area contributed by atoms with Crippen LogP contribution in [-0.2, 0) is 10.6 Å². The summed E-state index contributed by atoms with van der Waals surface area (Å²) in [7, 11) is 1.50. The highest BCUT2D eigenvalue weighted by atomic mass is 35.5. The molecule has 6 rings (SSSR count). The van der Waals surface area contributed by atoms with E-state index in [9.17, 15) is 15.0 Å². The maximum atomic E-state index is 11.8. The molecule has 1 aromatic heterocycles. The van der Waals surface area contributed by atoms with Crippen LogP contribution in [0.25, 0.3) is 5.69 Å². The van der Waals surface area contributed by atoms with Crippen molar-refractivity contribution in [3.63, 3.8) is 0 Å². The predicted octanol–water partition coefficient (Wildman–Crippen LogP) is 6.09. The highest BCUT2D eigenvalue weighted by Gasteiger charge is 2.60. The third kappa shape index (κ3) is 3.67. The number of hydrogen-bond acceptors (Lipinski definition) is 8. The second-order valence-electron chi connectivity index (χ2n) is 9.38. The van der Waals surface area contributed by atoms with Crippen LogP contribution in [0.15, 0.2) is 54.6 Å². The van der Waals surface area contributed by atoms with E-state index >= 15 is 0 Å². The Hall–Kier alpha value is -4.12. The lowest BCUT2D eigenvalue weighted by atomic mass is 9.90. The maximum absolute atomic E-state index is 11.8. The van der Waals surface area contributed by atoms with Gasteiger partial charge in [0.25, 0.3) is 11.6 Å². The summed E-state index contributed by atoms with van der Waals surface area (Å²) in [4.78, 5) is 24.5. The first-order chi connectivity index (χ1) is 18.6. The minimum atomic E-state index is -1.47. The van der Waals surface area contributed by atoms with E-state index in [2.05, 4.69) is 5.48 Å². The number of anilines is 2. The number of hydroxylamine groups is 1. The molecule has 2 aliphatic heterocycles. The number of aromatic nitrogens is 2. The first kappa shape index (κ1) is 25.2. The Bertz CT molecular complexity index is 1660. The summed E-state index contributed by atoms with van der Waals surface area (Å²) >= 11 is 12.6. The molecule has 0 saturated heterocycles. The van der Waals surface area contributed by atoms with Crippen molar-refractivity contribution in [2.45, 2.75) is 25.5 Å². The van der Waals surface area contributed by atoms with Crippen LogP contribution in [0.4, 0.5) is 11.4 Å². The molecule has 3 aromatic carbocycles. The summed E-state index contributed by atoms with van der Waals surface area (Å²) in [6.07, 6.45) is 0. The molecule has 3 N–H and O–H groups in total. The normalized spacial score (nSPS) is 17.2. The number of phenols is 1. The zero-order valence-electron chi connectivity index (χ0n) is 20.9. The third-order valence-electron chi connectivity index (χ3n) is 6.70. The van der Waals surface area contributed by atoms with E-state index < -0.39 is 11.7 Å². The molecule has 10 nitrogen and oxygen atoms in total. The van der Waals surface area contributed by atoms with E-state index in [0.29, 0.717) is 44.0 Å². The number of rotatable bonds is 5. The van der Waals surface area contributed by atoms with Gasteiger partial charge >= 0.3 is 5.97 Å². The lowest BCUT2D eigenvalue weighted by molar-refractivity contribution is 0.000334. The highest BCUT2D eigenvalue weighted by molar-refractivity contribution is 6.31. The molecule has 12 heteroatoms. The summed E-state index contributed by atoms with van der Waals surface area (Å²) in [5.74, 6) is -0.740. The molecule has 1 spiro atoms. The van der Waals surface area contributed by atoms with Gasteiger partial charge in [0, 0.05) is 15.6 Å². The molecule has 3 heterocycles. The van der Waals surface area contributed by atoms with Crippen LogP contribution in [0.3, 0.4) is 0 Å². The Morgan fingerprint density at radius 3 is 2.54 bits per heavy atom. The van der Waals surface area contributed by atoms with Crippen molar-refractivity contribution in [3.8, 4) is 23.1 Å². The zero-order chi connectivity index (χ0) is 27.6. The molecule has 0 amide bonds. The molecule has 4 aromatic rings. The van der Waals surface area contributed by atoms with Crippen molar-refractivity contribution in [2.75, 3.05) is 17.7 Å². The van der Waals surface area contributed by atoms with Crippen molar-refractivity contribution in [2.24, 2.45) is 0 Å². The van der Waals surface area contributed by atoms with Crippen molar-refractivity contribution >= 4 is 40.5 Å². The lowest BCUT2D eigenvalue weighted by Crippen LogP contribution is -2.46. The summed E-state index contributed by atoms with van der Waals surface area (Å²) in [6, 6.07) is 14.4. The highest BCUT2D eigenvalue weighted by Crippen LogP contribution is 2.57. The van der Waals surface area contributed by atoms with Gasteiger partial charge in [-0.05, 0) is 60.5 Å². The topological polar surface area (TPSA) is 118 Å². The Balaban J connectivity index is 1.66. The number of aromatic carboxylic acids is 1. The van der Waals surface area contributed by atoms with Gasteiger partial charge in [-0.25, -0.2) is 14.3 Å². The number of fused-ring (bicyclic) bond motifs is 4. The monoisotopic (exact) mass is 568 g/mol. The standard InChI is InChI=1S/C27H22Cl2N4O6/c1-13(2)24-23-25(30-32(24)20-10-14(26(35)36)4-9-22(20)37-3)38-33(19-12-16(29)6-8-21(19)34)27(23)17-7-5-15(28)11-18(17)31-39-27/h4-13,31,34H,1-3H3,(H,35,36). The summed E-state index contributed by atoms with van der Waals surface area (Å²) < 4.78 is 7.17. The van der Waals surface area contributed by atoms with Crippen LogP contribution < -0.4 is 20.1 Å². The number of methoxy groups -OCH3 is 1. The molecule has 1 atom stereocenters. The van der Waals surface area contributed by atoms with Crippen LogP contribution >= 0.6 is 23.2 Å². The summed E-state index contributed by atoms with van der Waals surface area (Å²) in [6.45, 7) is 3.94. The fourth-order valence-electron chi connectivity index (χ4n) is 5.05. The SMILES string of the molecule is COc1ccc(C(=O)O)cc1-n1nc2c(c1C(C)C)C1(ONc3cc(Cl)ccc31)N(c1cc(Cl)ccc1O)O2. The second-order valence-corrected chi connectivity index (χ2v) is 10.3.